The van der Waals surface area contributed by atoms with Crippen LogP contribution in [-0.2, 0) is 11.3 Å². The fourth-order valence-electron chi connectivity index (χ4n) is 4.25. The molecule has 2 saturated heterocycles. The van der Waals surface area contributed by atoms with Gasteiger partial charge in [-0.15, -0.1) is 12.4 Å². The third-order valence-electron chi connectivity index (χ3n) is 5.36. The predicted molar refractivity (Wildman–Crippen MR) is 91.7 cm³/mol. The number of carbonyl (C=O) groups excluding carboxylic acids is 1. The van der Waals surface area contributed by atoms with E-state index in [0.29, 0.717) is 18.0 Å². The fourth-order valence-corrected chi connectivity index (χ4v) is 4.25. The van der Waals surface area contributed by atoms with Crippen molar-refractivity contribution in [3.63, 3.8) is 0 Å². The van der Waals surface area contributed by atoms with E-state index < -0.39 is 0 Å². The Labute approximate surface area is 139 Å². The molecule has 0 aromatic heterocycles. The summed E-state index contributed by atoms with van der Waals surface area (Å²) in [5.41, 5.74) is 6.83. The van der Waals surface area contributed by atoms with Gasteiger partial charge in [-0.2, -0.15) is 0 Å². The minimum Gasteiger partial charge on any atom is -0.369 e. The topological polar surface area (TPSA) is 46.3 Å². The number of primary amides is 1. The molecule has 2 N–H and O–H groups in total. The van der Waals surface area contributed by atoms with Crippen molar-refractivity contribution in [2.24, 2.45) is 17.6 Å². The molecule has 2 bridgehead atoms. The van der Waals surface area contributed by atoms with E-state index in [0.717, 1.165) is 13.0 Å². The first kappa shape index (κ1) is 17.3. The van der Waals surface area contributed by atoms with E-state index >= 15 is 0 Å². The van der Waals surface area contributed by atoms with E-state index in [4.69, 9.17) is 5.73 Å². The second-order valence-electron chi connectivity index (χ2n) is 6.92. The minimum absolute atomic E-state index is 0. The first-order valence-electron chi connectivity index (χ1n) is 8.22. The zero-order chi connectivity index (χ0) is 14.8. The lowest BCUT2D eigenvalue weighted by atomic mass is 9.83. The largest absolute Gasteiger partial charge is 0.369 e. The van der Waals surface area contributed by atoms with E-state index in [1.54, 1.807) is 0 Å². The summed E-state index contributed by atoms with van der Waals surface area (Å²) in [6.07, 6.45) is 6.08. The monoisotopic (exact) mass is 322 g/mol. The van der Waals surface area contributed by atoms with Gasteiger partial charge >= 0.3 is 0 Å². The summed E-state index contributed by atoms with van der Waals surface area (Å²) in [6.45, 7) is 3.05. The van der Waals surface area contributed by atoms with Gasteiger partial charge in [0, 0.05) is 24.5 Å². The number of nitrogens with two attached hydrogens (primary N) is 1. The van der Waals surface area contributed by atoms with Crippen molar-refractivity contribution in [3.8, 4) is 0 Å². The van der Waals surface area contributed by atoms with Crippen LogP contribution in [0.3, 0.4) is 0 Å². The van der Waals surface area contributed by atoms with E-state index in [-0.39, 0.29) is 24.2 Å². The van der Waals surface area contributed by atoms with Crippen LogP contribution >= 0.6 is 12.4 Å². The quantitative estimate of drug-likeness (QED) is 0.903. The first-order valence-corrected chi connectivity index (χ1v) is 8.22. The Morgan fingerprint density at radius 1 is 1.23 bits per heavy atom. The maximum Gasteiger partial charge on any atom is 0.220 e. The number of hydrogen-bond acceptors (Lipinski definition) is 2. The summed E-state index contributed by atoms with van der Waals surface area (Å²) < 4.78 is 0. The lowest BCUT2D eigenvalue weighted by Crippen LogP contribution is -2.43. The van der Waals surface area contributed by atoms with Crippen molar-refractivity contribution < 1.29 is 4.79 Å². The summed E-state index contributed by atoms with van der Waals surface area (Å²) in [6, 6.07) is 12.2. The van der Waals surface area contributed by atoms with Gasteiger partial charge in [0.25, 0.3) is 0 Å². The summed E-state index contributed by atoms with van der Waals surface area (Å²) in [5, 5.41) is 0. The summed E-state index contributed by atoms with van der Waals surface area (Å²) in [4.78, 5) is 14.0. The minimum atomic E-state index is -0.144. The Balaban J connectivity index is 0.00000176. The third-order valence-corrected chi connectivity index (χ3v) is 5.36. The molecule has 1 aromatic rings. The Hall–Kier alpha value is -1.06. The highest BCUT2D eigenvalue weighted by molar-refractivity contribution is 5.85. The number of hydrogen-bond donors (Lipinski definition) is 1. The van der Waals surface area contributed by atoms with Crippen molar-refractivity contribution in [2.45, 2.75) is 57.7 Å². The average molecular weight is 323 g/mol. The highest BCUT2D eigenvalue weighted by Crippen LogP contribution is 2.41. The van der Waals surface area contributed by atoms with Crippen LogP contribution in [0.2, 0.25) is 0 Å². The number of rotatable bonds is 5. The number of amides is 1. The van der Waals surface area contributed by atoms with Gasteiger partial charge in [-0.05, 0) is 43.6 Å². The SMILES string of the molecule is CC(CC1CC2CCC(C1)N2Cc1ccccc1)C(N)=O.Cl. The zero-order valence-corrected chi connectivity index (χ0v) is 14.1. The van der Waals surface area contributed by atoms with Gasteiger partial charge < -0.3 is 5.73 Å². The number of nitrogens with zero attached hydrogens (tertiary/aromatic N) is 1. The Bertz CT molecular complexity index is 479. The number of benzene rings is 1. The van der Waals surface area contributed by atoms with Crippen molar-refractivity contribution in [2.75, 3.05) is 0 Å². The zero-order valence-electron chi connectivity index (χ0n) is 13.3. The van der Waals surface area contributed by atoms with Crippen molar-refractivity contribution in [3.05, 3.63) is 35.9 Å². The van der Waals surface area contributed by atoms with Crippen LogP contribution in [0.4, 0.5) is 0 Å². The normalized spacial score (nSPS) is 28.9. The van der Waals surface area contributed by atoms with Gasteiger partial charge in [0.05, 0.1) is 0 Å². The lowest BCUT2D eigenvalue weighted by Gasteiger charge is -2.39. The molecule has 2 fully saturated rings. The van der Waals surface area contributed by atoms with E-state index in [1.807, 2.05) is 6.92 Å². The van der Waals surface area contributed by atoms with Crippen LogP contribution < -0.4 is 5.73 Å². The molecule has 0 saturated carbocycles. The standard InChI is InChI=1S/C18H26N2O.ClH/c1-13(18(19)21)9-15-10-16-7-8-17(11-15)20(16)12-14-5-3-2-4-6-14;/h2-6,13,15-17H,7-12H2,1H3,(H2,19,21);1H. The lowest BCUT2D eigenvalue weighted by molar-refractivity contribution is -0.122. The molecule has 1 amide bonds. The van der Waals surface area contributed by atoms with Gasteiger partial charge in [-0.3, -0.25) is 9.69 Å². The van der Waals surface area contributed by atoms with Crippen LogP contribution in [0, 0.1) is 11.8 Å². The Morgan fingerprint density at radius 2 is 1.82 bits per heavy atom. The molecular weight excluding hydrogens is 296 g/mol. The number of carbonyl (C=O) groups is 1. The molecule has 0 radical (unpaired) electrons. The van der Waals surface area contributed by atoms with Gasteiger partial charge in [0.2, 0.25) is 5.91 Å². The Kier molecular flexibility index (Phi) is 5.87. The second-order valence-corrected chi connectivity index (χ2v) is 6.92. The third kappa shape index (κ3) is 3.82. The van der Waals surface area contributed by atoms with E-state index in [2.05, 4.69) is 35.2 Å². The molecule has 0 spiro atoms. The molecule has 22 heavy (non-hydrogen) atoms. The molecule has 0 aliphatic carbocycles. The smallest absolute Gasteiger partial charge is 0.220 e. The molecule has 3 rings (SSSR count). The van der Waals surface area contributed by atoms with Crippen LogP contribution in [0.15, 0.2) is 30.3 Å². The van der Waals surface area contributed by atoms with Gasteiger partial charge in [-0.25, -0.2) is 0 Å². The molecule has 3 unspecified atom stereocenters. The van der Waals surface area contributed by atoms with Crippen LogP contribution in [0.25, 0.3) is 0 Å². The van der Waals surface area contributed by atoms with Crippen molar-refractivity contribution in [1.29, 1.82) is 0 Å². The van der Waals surface area contributed by atoms with Gasteiger partial charge in [0.1, 0.15) is 0 Å². The molecule has 4 heteroatoms. The molecule has 2 heterocycles. The average Bonchev–Trinajstić information content (AvgIpc) is 2.71. The van der Waals surface area contributed by atoms with Crippen LogP contribution in [-0.4, -0.2) is 22.9 Å². The highest BCUT2D eigenvalue weighted by atomic mass is 35.5. The van der Waals surface area contributed by atoms with Crippen molar-refractivity contribution in [1.82, 2.24) is 4.90 Å². The maximum absolute atomic E-state index is 11.3. The molecule has 122 valence electrons. The molecule has 2 aliphatic rings. The van der Waals surface area contributed by atoms with E-state index in [9.17, 15) is 4.79 Å². The summed E-state index contributed by atoms with van der Waals surface area (Å²) in [5.74, 6) is 0.557. The van der Waals surface area contributed by atoms with Crippen molar-refractivity contribution >= 4 is 18.3 Å². The van der Waals surface area contributed by atoms with Gasteiger partial charge in [-0.1, -0.05) is 37.3 Å². The maximum atomic E-state index is 11.3. The molecule has 2 aliphatic heterocycles. The van der Waals surface area contributed by atoms with Crippen LogP contribution in [0.1, 0.15) is 44.6 Å². The second kappa shape index (κ2) is 7.47. The number of halogens is 1. The summed E-state index contributed by atoms with van der Waals surface area (Å²) in [7, 11) is 0. The molecule has 3 atom stereocenters. The fraction of sp³-hybridized carbons (Fsp3) is 0.611. The molecule has 1 aromatic carbocycles. The van der Waals surface area contributed by atoms with Crippen LogP contribution in [0.5, 0.6) is 0 Å². The highest BCUT2D eigenvalue weighted by Gasteiger charge is 2.40. The van der Waals surface area contributed by atoms with Gasteiger partial charge in [0.15, 0.2) is 0 Å². The summed E-state index contributed by atoms with van der Waals surface area (Å²) >= 11 is 0. The number of fused-ring (bicyclic) bond motifs is 2. The first-order chi connectivity index (χ1) is 10.1. The molecule has 3 nitrogen and oxygen atoms in total. The molecular formula is C18H27ClN2O. The Morgan fingerprint density at radius 3 is 2.36 bits per heavy atom. The predicted octanol–water partition coefficient (Wildman–Crippen LogP) is 3.36. The number of piperidine rings is 1. The van der Waals surface area contributed by atoms with E-state index in [1.165, 1.54) is 31.2 Å².